The average molecular weight is 413 g/mol. The molecule has 1 amide bonds. The maximum absolute atomic E-state index is 14.4. The zero-order valence-electron chi connectivity index (χ0n) is 15.0. The van der Waals surface area contributed by atoms with Crippen LogP contribution in [0.4, 0.5) is 13.2 Å². The van der Waals surface area contributed by atoms with Gasteiger partial charge in [0.05, 0.1) is 23.7 Å². The Morgan fingerprint density at radius 3 is 2.43 bits per heavy atom. The first-order valence-corrected chi connectivity index (χ1v) is 10.2. The lowest BCUT2D eigenvalue weighted by atomic mass is 10.1. The fourth-order valence-corrected chi connectivity index (χ4v) is 5.07. The second kappa shape index (κ2) is 7.83. The third-order valence-electron chi connectivity index (χ3n) is 4.75. The number of methoxy groups -OCH3 is 1. The highest BCUT2D eigenvalue weighted by molar-refractivity contribution is 7.91. The predicted molar refractivity (Wildman–Crippen MR) is 96.4 cm³/mol. The summed E-state index contributed by atoms with van der Waals surface area (Å²) in [6.45, 7) is -0.149. The van der Waals surface area contributed by atoms with Crippen LogP contribution in [0.15, 0.2) is 36.4 Å². The van der Waals surface area contributed by atoms with Gasteiger partial charge in [0, 0.05) is 13.1 Å². The molecule has 0 bridgehead atoms. The van der Waals surface area contributed by atoms with Crippen LogP contribution in [-0.4, -0.2) is 45.2 Å². The molecule has 0 unspecified atom stereocenters. The molecule has 1 heterocycles. The Morgan fingerprint density at radius 1 is 1.11 bits per heavy atom. The predicted octanol–water partition coefficient (Wildman–Crippen LogP) is 3.11. The highest BCUT2D eigenvalue weighted by atomic mass is 32.2. The minimum Gasteiger partial charge on any atom is -0.491 e. The van der Waals surface area contributed by atoms with Crippen molar-refractivity contribution in [2.75, 3.05) is 26.0 Å². The smallest absolute Gasteiger partial charge is 0.257 e. The van der Waals surface area contributed by atoms with E-state index in [9.17, 15) is 26.4 Å². The number of benzene rings is 2. The molecule has 1 atom stereocenters. The molecule has 1 aliphatic rings. The van der Waals surface area contributed by atoms with E-state index in [2.05, 4.69) is 4.74 Å². The van der Waals surface area contributed by atoms with Crippen molar-refractivity contribution in [3.8, 4) is 5.75 Å². The molecule has 28 heavy (non-hydrogen) atoms. The van der Waals surface area contributed by atoms with Crippen LogP contribution in [0.3, 0.4) is 0 Å². The van der Waals surface area contributed by atoms with Crippen LogP contribution in [0.25, 0.3) is 0 Å². The number of hydrogen-bond donors (Lipinski definition) is 0. The Hall–Kier alpha value is -2.55. The van der Waals surface area contributed by atoms with Crippen LogP contribution in [-0.2, 0) is 9.84 Å². The van der Waals surface area contributed by atoms with E-state index in [0.717, 1.165) is 12.0 Å². The van der Waals surface area contributed by atoms with Crippen LogP contribution in [0.5, 0.6) is 5.75 Å². The molecule has 2 aromatic rings. The van der Waals surface area contributed by atoms with Gasteiger partial charge in [-0.15, -0.1) is 0 Å². The number of carbonyl (C=O) groups excluding carboxylic acids is 1. The van der Waals surface area contributed by atoms with E-state index in [1.165, 1.54) is 0 Å². The van der Waals surface area contributed by atoms with Gasteiger partial charge in [-0.05, 0) is 18.1 Å². The Morgan fingerprint density at radius 2 is 1.79 bits per heavy atom. The van der Waals surface area contributed by atoms with E-state index in [1.807, 2.05) is 0 Å². The summed E-state index contributed by atoms with van der Waals surface area (Å²) in [6, 6.07) is 9.06. The summed E-state index contributed by atoms with van der Waals surface area (Å²) >= 11 is 0. The Balaban J connectivity index is 1.90. The van der Waals surface area contributed by atoms with Crippen molar-refractivity contribution < 1.29 is 31.1 Å². The molecule has 2 aromatic carbocycles. The normalized spacial score (nSPS) is 19.1. The van der Waals surface area contributed by atoms with Gasteiger partial charge in [0.15, 0.2) is 27.2 Å². The van der Waals surface area contributed by atoms with Gasteiger partial charge in [-0.2, -0.15) is 4.39 Å². The van der Waals surface area contributed by atoms with Crippen molar-refractivity contribution >= 4 is 15.7 Å². The number of amides is 1. The molecule has 1 saturated heterocycles. The molecule has 1 fully saturated rings. The summed E-state index contributed by atoms with van der Waals surface area (Å²) in [5.74, 6) is -6.50. The van der Waals surface area contributed by atoms with E-state index in [1.54, 1.807) is 30.3 Å². The van der Waals surface area contributed by atoms with Gasteiger partial charge in [-0.1, -0.05) is 30.3 Å². The Labute approximate surface area is 160 Å². The molecular weight excluding hydrogens is 395 g/mol. The van der Waals surface area contributed by atoms with E-state index in [4.69, 9.17) is 0 Å². The monoisotopic (exact) mass is 413 g/mol. The summed E-state index contributed by atoms with van der Waals surface area (Å²) in [5.41, 5.74) is -0.0937. The number of sulfone groups is 1. The molecule has 0 radical (unpaired) electrons. The van der Waals surface area contributed by atoms with E-state index >= 15 is 0 Å². The summed E-state index contributed by atoms with van der Waals surface area (Å²) < 4.78 is 71.5. The zero-order chi connectivity index (χ0) is 20.5. The van der Waals surface area contributed by atoms with Crippen molar-refractivity contribution in [1.29, 1.82) is 0 Å². The quantitative estimate of drug-likeness (QED) is 0.726. The molecule has 0 aliphatic carbocycles. The third-order valence-corrected chi connectivity index (χ3v) is 6.88. The van der Waals surface area contributed by atoms with E-state index < -0.39 is 49.8 Å². The van der Waals surface area contributed by atoms with Gasteiger partial charge in [-0.25, -0.2) is 17.2 Å². The molecule has 9 heteroatoms. The van der Waals surface area contributed by atoms with Crippen LogP contribution < -0.4 is 4.74 Å². The first-order chi connectivity index (χ1) is 13.3. The molecule has 0 N–H and O–H groups in total. The number of hydrogen-bond acceptors (Lipinski definition) is 4. The first-order valence-electron chi connectivity index (χ1n) is 8.53. The fraction of sp³-hybridized carbons (Fsp3) is 0.316. The lowest BCUT2D eigenvalue weighted by Gasteiger charge is -2.21. The second-order valence-corrected chi connectivity index (χ2v) is 8.72. The van der Waals surface area contributed by atoms with Crippen molar-refractivity contribution in [1.82, 2.24) is 4.90 Å². The molecule has 0 saturated carbocycles. The topological polar surface area (TPSA) is 63.7 Å². The molecule has 0 aromatic heterocycles. The Kier molecular flexibility index (Phi) is 5.64. The summed E-state index contributed by atoms with van der Waals surface area (Å²) in [6.07, 6.45) is 0.112. The standard InChI is InChI=1S/C19H18F3NO4S/c1-27-18-16(21)13(11-14(20)17(18)22)19(24)23-8-7-15(28(25,26)10-9-23)12-5-3-2-4-6-12/h2-6,11,15H,7-10H2,1H3/t15-/m0/s1. The van der Waals surface area contributed by atoms with Crippen LogP contribution >= 0.6 is 0 Å². The van der Waals surface area contributed by atoms with Gasteiger partial charge in [-0.3, -0.25) is 4.79 Å². The second-order valence-electron chi connectivity index (χ2n) is 6.41. The lowest BCUT2D eigenvalue weighted by Crippen LogP contribution is -2.34. The van der Waals surface area contributed by atoms with Gasteiger partial charge >= 0.3 is 0 Å². The van der Waals surface area contributed by atoms with E-state index in [-0.39, 0.29) is 25.3 Å². The van der Waals surface area contributed by atoms with Crippen LogP contribution in [0, 0.1) is 17.5 Å². The van der Waals surface area contributed by atoms with Crippen molar-refractivity contribution in [2.24, 2.45) is 0 Å². The zero-order valence-corrected chi connectivity index (χ0v) is 15.8. The fourth-order valence-electron chi connectivity index (χ4n) is 3.27. The van der Waals surface area contributed by atoms with Gasteiger partial charge < -0.3 is 9.64 Å². The molecule has 150 valence electrons. The van der Waals surface area contributed by atoms with Crippen LogP contribution in [0.2, 0.25) is 0 Å². The van der Waals surface area contributed by atoms with Crippen molar-refractivity contribution in [3.63, 3.8) is 0 Å². The van der Waals surface area contributed by atoms with Crippen molar-refractivity contribution in [3.05, 3.63) is 65.0 Å². The van der Waals surface area contributed by atoms with Gasteiger partial charge in [0.25, 0.3) is 5.91 Å². The number of rotatable bonds is 3. The number of ether oxygens (including phenoxy) is 1. The maximum Gasteiger partial charge on any atom is 0.257 e. The molecule has 1 aliphatic heterocycles. The number of carbonyl (C=O) groups is 1. The summed E-state index contributed by atoms with van der Waals surface area (Å²) in [7, 11) is -2.59. The first kappa shape index (κ1) is 20.2. The van der Waals surface area contributed by atoms with Gasteiger partial charge in [0.1, 0.15) is 0 Å². The maximum atomic E-state index is 14.4. The number of halogens is 3. The Bertz CT molecular complexity index is 996. The largest absolute Gasteiger partial charge is 0.491 e. The highest BCUT2D eigenvalue weighted by Crippen LogP contribution is 2.31. The van der Waals surface area contributed by atoms with Crippen molar-refractivity contribution in [2.45, 2.75) is 11.7 Å². The SMILES string of the molecule is COc1c(F)c(F)cc(C(=O)N2CC[C@@H](c3ccccc3)S(=O)(=O)CC2)c1F. The molecule has 0 spiro atoms. The molecule has 3 rings (SSSR count). The van der Waals surface area contributed by atoms with Crippen LogP contribution in [0.1, 0.15) is 27.6 Å². The minimum absolute atomic E-state index is 0.0262. The summed E-state index contributed by atoms with van der Waals surface area (Å²) in [4.78, 5) is 13.8. The van der Waals surface area contributed by atoms with E-state index in [0.29, 0.717) is 11.6 Å². The molecular formula is C19H18F3NO4S. The average Bonchev–Trinajstić information content (AvgIpc) is 2.83. The lowest BCUT2D eigenvalue weighted by molar-refractivity contribution is 0.0760. The third kappa shape index (κ3) is 3.71. The molecule has 5 nitrogen and oxygen atoms in total. The van der Waals surface area contributed by atoms with Gasteiger partial charge in [0.2, 0.25) is 5.82 Å². The number of nitrogens with zero attached hydrogens (tertiary/aromatic N) is 1. The summed E-state index contributed by atoms with van der Waals surface area (Å²) in [5, 5.41) is -0.796. The highest BCUT2D eigenvalue weighted by Gasteiger charge is 2.34. The minimum atomic E-state index is -3.55.